The van der Waals surface area contributed by atoms with E-state index in [1.54, 1.807) is 0 Å². The second-order valence-corrected chi connectivity index (χ2v) is 8.28. The lowest BCUT2D eigenvalue weighted by molar-refractivity contribution is -0.132. The van der Waals surface area contributed by atoms with E-state index < -0.39 is 0 Å². The Kier molecular flexibility index (Phi) is 6.65. The van der Waals surface area contributed by atoms with Gasteiger partial charge in [-0.3, -0.25) is 19.4 Å². The Morgan fingerprint density at radius 3 is 2.17 bits per heavy atom. The summed E-state index contributed by atoms with van der Waals surface area (Å²) < 4.78 is 0. The van der Waals surface area contributed by atoms with Gasteiger partial charge in [0.2, 0.25) is 11.8 Å². The van der Waals surface area contributed by atoms with Gasteiger partial charge >= 0.3 is 0 Å². The lowest BCUT2D eigenvalue weighted by atomic mass is 10.1. The van der Waals surface area contributed by atoms with Crippen LogP contribution in [0.2, 0.25) is 0 Å². The number of carbonyl (C=O) groups excluding carboxylic acids is 2. The Hall–Kier alpha value is -2.44. The maximum Gasteiger partial charge on any atom is 0.241 e. The van der Waals surface area contributed by atoms with Crippen molar-refractivity contribution in [1.82, 2.24) is 14.7 Å². The molecule has 0 aromatic heterocycles. The molecule has 2 aliphatic rings. The molecule has 0 bridgehead atoms. The quantitative estimate of drug-likeness (QED) is 0.737. The fraction of sp³-hybridized carbons (Fsp3) is 0.500. The minimum Gasteiger partial charge on any atom is -0.342 e. The van der Waals surface area contributed by atoms with Crippen LogP contribution in [-0.2, 0) is 9.59 Å². The minimum atomic E-state index is 0.135. The zero-order chi connectivity index (χ0) is 20.9. The predicted octanol–water partition coefficient (Wildman–Crippen LogP) is 2.43. The highest BCUT2D eigenvalue weighted by molar-refractivity contribution is 6.04. The van der Waals surface area contributed by atoms with Crippen molar-refractivity contribution in [1.29, 1.82) is 0 Å². The van der Waals surface area contributed by atoms with Gasteiger partial charge in [-0.25, -0.2) is 0 Å². The van der Waals surface area contributed by atoms with Crippen LogP contribution in [-0.4, -0.2) is 85.4 Å². The molecule has 0 N–H and O–H groups in total. The molecule has 6 heteroatoms. The number of carbonyl (C=O) groups is 2. The number of fused-ring (bicyclic) bond motifs is 1. The van der Waals surface area contributed by atoms with E-state index >= 15 is 0 Å². The Morgan fingerprint density at radius 1 is 0.833 bits per heavy atom. The largest absolute Gasteiger partial charge is 0.342 e. The molecule has 0 spiro atoms. The molecule has 30 heavy (non-hydrogen) atoms. The molecule has 6 nitrogen and oxygen atoms in total. The molecule has 160 valence electrons. The van der Waals surface area contributed by atoms with Crippen LogP contribution < -0.4 is 4.90 Å². The smallest absolute Gasteiger partial charge is 0.241 e. The summed E-state index contributed by atoms with van der Waals surface area (Å²) in [5, 5.41) is 2.26. The zero-order valence-corrected chi connectivity index (χ0v) is 17.9. The molecule has 2 amide bonds. The number of nitrogens with zero attached hydrogens (tertiary/aromatic N) is 4. The zero-order valence-electron chi connectivity index (χ0n) is 17.9. The average Bonchev–Trinajstić information content (AvgIpc) is 3.31. The topological polar surface area (TPSA) is 47.1 Å². The van der Waals surface area contributed by atoms with Crippen molar-refractivity contribution in [2.45, 2.75) is 19.8 Å². The third kappa shape index (κ3) is 4.65. The summed E-state index contributed by atoms with van der Waals surface area (Å²) in [6, 6.07) is 14.3. The summed E-state index contributed by atoms with van der Waals surface area (Å²) in [6.45, 7) is 8.77. The van der Waals surface area contributed by atoms with E-state index in [0.717, 1.165) is 68.6 Å². The number of likely N-dealkylation sites (tertiary alicyclic amines) is 1. The van der Waals surface area contributed by atoms with Gasteiger partial charge in [-0.15, -0.1) is 0 Å². The standard InChI is InChI=1S/C24H32N4O2/c1-2-28(22-11-7-9-20-8-3-4-10-21(20)22)24(30)19-26-16-14-25(15-17-26)18-23(29)27-12-5-6-13-27/h3-4,7-11H,2,5-6,12-19H2,1H3. The first kappa shape index (κ1) is 20.8. The van der Waals surface area contributed by atoms with Gasteiger partial charge in [-0.1, -0.05) is 36.4 Å². The maximum absolute atomic E-state index is 13.1. The van der Waals surface area contributed by atoms with E-state index in [1.165, 1.54) is 0 Å². The Balaban J connectivity index is 1.33. The van der Waals surface area contributed by atoms with Gasteiger partial charge in [0, 0.05) is 51.2 Å². The third-order valence-electron chi connectivity index (χ3n) is 6.32. The van der Waals surface area contributed by atoms with Crippen LogP contribution in [0.25, 0.3) is 10.8 Å². The van der Waals surface area contributed by atoms with Crippen molar-refractivity contribution in [3.05, 3.63) is 42.5 Å². The monoisotopic (exact) mass is 408 g/mol. The molecule has 0 saturated carbocycles. The van der Waals surface area contributed by atoms with Crippen molar-refractivity contribution in [2.75, 3.05) is 63.8 Å². The predicted molar refractivity (Wildman–Crippen MR) is 121 cm³/mol. The van der Waals surface area contributed by atoms with Crippen molar-refractivity contribution >= 4 is 28.3 Å². The van der Waals surface area contributed by atoms with Crippen LogP contribution in [0.5, 0.6) is 0 Å². The van der Waals surface area contributed by atoms with E-state index in [4.69, 9.17) is 0 Å². The first-order chi connectivity index (χ1) is 14.7. The lowest BCUT2D eigenvalue weighted by Crippen LogP contribution is -2.52. The first-order valence-electron chi connectivity index (χ1n) is 11.2. The SMILES string of the molecule is CCN(C(=O)CN1CCN(CC(=O)N2CCCC2)CC1)c1cccc2ccccc12. The van der Waals surface area contributed by atoms with Gasteiger partial charge in [-0.05, 0) is 31.2 Å². The Bertz CT molecular complexity index is 880. The van der Waals surface area contributed by atoms with Crippen LogP contribution in [0.4, 0.5) is 5.69 Å². The van der Waals surface area contributed by atoms with Crippen molar-refractivity contribution in [3.8, 4) is 0 Å². The molecule has 0 radical (unpaired) electrons. The van der Waals surface area contributed by atoms with E-state index in [2.05, 4.69) is 28.0 Å². The molecular weight excluding hydrogens is 376 g/mol. The number of hydrogen-bond donors (Lipinski definition) is 0. The van der Waals surface area contributed by atoms with Crippen LogP contribution in [0.1, 0.15) is 19.8 Å². The van der Waals surface area contributed by atoms with Crippen molar-refractivity contribution < 1.29 is 9.59 Å². The molecule has 4 rings (SSSR count). The van der Waals surface area contributed by atoms with Gasteiger partial charge in [-0.2, -0.15) is 0 Å². The van der Waals surface area contributed by atoms with Crippen LogP contribution in [0, 0.1) is 0 Å². The first-order valence-corrected chi connectivity index (χ1v) is 11.2. The number of benzene rings is 2. The van der Waals surface area contributed by atoms with E-state index in [1.807, 2.05) is 41.0 Å². The van der Waals surface area contributed by atoms with Crippen molar-refractivity contribution in [3.63, 3.8) is 0 Å². The fourth-order valence-electron chi connectivity index (χ4n) is 4.56. The number of hydrogen-bond acceptors (Lipinski definition) is 4. The lowest BCUT2D eigenvalue weighted by Gasteiger charge is -2.35. The molecule has 2 heterocycles. The number of piperazine rings is 1. The Labute approximate surface area is 179 Å². The van der Waals surface area contributed by atoms with Gasteiger partial charge in [0.15, 0.2) is 0 Å². The summed E-state index contributed by atoms with van der Waals surface area (Å²) in [5.74, 6) is 0.389. The van der Waals surface area contributed by atoms with E-state index in [9.17, 15) is 9.59 Å². The summed E-state index contributed by atoms with van der Waals surface area (Å²) in [7, 11) is 0. The highest BCUT2D eigenvalue weighted by Crippen LogP contribution is 2.27. The fourth-order valence-corrected chi connectivity index (χ4v) is 4.56. The van der Waals surface area contributed by atoms with Crippen LogP contribution in [0.3, 0.4) is 0 Å². The number of amides is 2. The van der Waals surface area contributed by atoms with Crippen molar-refractivity contribution in [2.24, 2.45) is 0 Å². The van der Waals surface area contributed by atoms with Crippen LogP contribution in [0.15, 0.2) is 42.5 Å². The van der Waals surface area contributed by atoms with Gasteiger partial charge in [0.25, 0.3) is 0 Å². The normalized spacial score (nSPS) is 18.1. The summed E-state index contributed by atoms with van der Waals surface area (Å²) in [6.07, 6.45) is 2.26. The molecule has 2 aromatic rings. The van der Waals surface area contributed by atoms with Crippen LogP contribution >= 0.6 is 0 Å². The molecule has 2 aliphatic heterocycles. The molecule has 2 fully saturated rings. The summed E-state index contributed by atoms with van der Waals surface area (Å²) >= 11 is 0. The van der Waals surface area contributed by atoms with Gasteiger partial charge in [0.1, 0.15) is 0 Å². The third-order valence-corrected chi connectivity index (χ3v) is 6.32. The number of likely N-dealkylation sites (N-methyl/N-ethyl adjacent to an activating group) is 1. The van der Waals surface area contributed by atoms with Gasteiger partial charge in [0.05, 0.1) is 18.8 Å². The van der Waals surface area contributed by atoms with E-state index in [-0.39, 0.29) is 11.8 Å². The molecular formula is C24H32N4O2. The highest BCUT2D eigenvalue weighted by atomic mass is 16.2. The molecule has 2 saturated heterocycles. The van der Waals surface area contributed by atoms with Gasteiger partial charge < -0.3 is 9.80 Å². The second-order valence-electron chi connectivity index (χ2n) is 8.28. The molecule has 2 aromatic carbocycles. The summed E-state index contributed by atoms with van der Waals surface area (Å²) in [5.41, 5.74) is 0.982. The number of anilines is 1. The average molecular weight is 409 g/mol. The maximum atomic E-state index is 13.1. The molecule has 0 unspecified atom stereocenters. The molecule has 0 atom stereocenters. The second kappa shape index (κ2) is 9.58. The summed E-state index contributed by atoms with van der Waals surface area (Å²) in [4.78, 5) is 33.8. The number of rotatable bonds is 6. The van der Waals surface area contributed by atoms with E-state index in [0.29, 0.717) is 19.6 Å². The minimum absolute atomic E-state index is 0.135. The molecule has 0 aliphatic carbocycles. The Morgan fingerprint density at radius 2 is 1.47 bits per heavy atom. The highest BCUT2D eigenvalue weighted by Gasteiger charge is 2.25.